The number of nitrogen functional groups attached to an aromatic ring is 1. The molecule has 0 aliphatic heterocycles. The molecular weight excluding hydrogens is 288 g/mol. The Bertz CT molecular complexity index is 614. The molecule has 0 aliphatic rings. The van der Waals surface area contributed by atoms with Crippen molar-refractivity contribution in [2.45, 2.75) is 31.3 Å². The van der Waals surface area contributed by atoms with Crippen molar-refractivity contribution in [3.05, 3.63) is 23.2 Å². The first kappa shape index (κ1) is 15.8. The van der Waals surface area contributed by atoms with Crippen LogP contribution in [-0.4, -0.2) is 22.2 Å². The van der Waals surface area contributed by atoms with Gasteiger partial charge in [0, 0.05) is 11.3 Å². The van der Waals surface area contributed by atoms with Crippen molar-refractivity contribution in [1.82, 2.24) is 0 Å². The maximum Gasteiger partial charge on any atom is 0.442 e. The van der Waals surface area contributed by atoms with Crippen molar-refractivity contribution < 1.29 is 13.7 Å². The van der Waals surface area contributed by atoms with E-state index in [0.29, 0.717) is 5.02 Å². The second kappa shape index (κ2) is 5.38. The number of hydrogen-bond donors (Lipinski definition) is 1. The van der Waals surface area contributed by atoms with Crippen LogP contribution in [0.1, 0.15) is 20.8 Å². The molecule has 1 rings (SSSR count). The lowest BCUT2D eigenvalue weighted by molar-refractivity contribution is 0.0607. The fourth-order valence-electron chi connectivity index (χ4n) is 1.34. The van der Waals surface area contributed by atoms with Crippen LogP contribution in [-0.2, 0) is 14.5 Å². The number of carbonyl (C=O) groups excluding carboxylic acids is 1. The summed E-state index contributed by atoms with van der Waals surface area (Å²) in [5, 5.41) is 0.425. The molecule has 0 aliphatic carbocycles. The highest BCUT2D eigenvalue weighted by molar-refractivity contribution is 7.93. The number of rotatable bonds is 1. The average molecular weight is 305 g/mol. The largest absolute Gasteiger partial charge is 0.442 e. The summed E-state index contributed by atoms with van der Waals surface area (Å²) in [5.41, 5.74) is 5.27. The molecule has 1 aromatic carbocycles. The lowest BCUT2D eigenvalue weighted by Crippen LogP contribution is -2.22. The summed E-state index contributed by atoms with van der Waals surface area (Å²) >= 11 is 5.76. The number of nitrogens with zero attached hydrogens (tertiary/aromatic N) is 1. The van der Waals surface area contributed by atoms with Gasteiger partial charge in [0.2, 0.25) is 0 Å². The van der Waals surface area contributed by atoms with Crippen LogP contribution in [0, 0.1) is 0 Å². The Morgan fingerprint density at radius 1 is 1.42 bits per heavy atom. The van der Waals surface area contributed by atoms with E-state index in [-0.39, 0.29) is 10.6 Å². The Labute approximate surface area is 118 Å². The van der Waals surface area contributed by atoms with Gasteiger partial charge < -0.3 is 10.5 Å². The number of benzene rings is 1. The minimum absolute atomic E-state index is 0.229. The van der Waals surface area contributed by atoms with Gasteiger partial charge >= 0.3 is 6.09 Å². The first-order chi connectivity index (χ1) is 8.51. The highest BCUT2D eigenvalue weighted by Gasteiger charge is 2.19. The molecule has 0 fully saturated rings. The molecule has 1 atom stereocenters. The number of anilines is 1. The standard InChI is InChI=1S/C12H17ClN2O3S/c1-12(2,3)18-11(16)15-19(4,17)10-6-5-8(13)7-9(10)14/h5-7H,14H2,1-4H3. The maximum atomic E-state index is 12.4. The lowest BCUT2D eigenvalue weighted by atomic mass is 10.2. The van der Waals surface area contributed by atoms with E-state index < -0.39 is 21.4 Å². The fraction of sp³-hybridized carbons (Fsp3) is 0.417. The zero-order valence-electron chi connectivity index (χ0n) is 11.3. The second-order valence-electron chi connectivity index (χ2n) is 5.06. The van der Waals surface area contributed by atoms with Crippen LogP contribution in [0.2, 0.25) is 5.02 Å². The van der Waals surface area contributed by atoms with Gasteiger partial charge in [0.25, 0.3) is 0 Å². The molecule has 0 saturated heterocycles. The second-order valence-corrected chi connectivity index (χ2v) is 7.72. The van der Waals surface area contributed by atoms with Gasteiger partial charge in [-0.25, -0.2) is 9.00 Å². The van der Waals surface area contributed by atoms with E-state index in [2.05, 4.69) is 4.36 Å². The molecule has 0 heterocycles. The van der Waals surface area contributed by atoms with E-state index in [9.17, 15) is 9.00 Å². The Morgan fingerprint density at radius 3 is 2.47 bits per heavy atom. The van der Waals surface area contributed by atoms with Crippen molar-refractivity contribution in [3.8, 4) is 0 Å². The Kier molecular flexibility index (Phi) is 4.47. The molecule has 106 valence electrons. The molecule has 0 bridgehead atoms. The number of amides is 1. The van der Waals surface area contributed by atoms with Crippen molar-refractivity contribution >= 4 is 33.1 Å². The minimum Gasteiger partial charge on any atom is -0.442 e. The highest BCUT2D eigenvalue weighted by Crippen LogP contribution is 2.24. The summed E-state index contributed by atoms with van der Waals surface area (Å²) in [5.74, 6) is 0. The molecule has 0 aromatic heterocycles. The number of ether oxygens (including phenoxy) is 1. The van der Waals surface area contributed by atoms with Crippen molar-refractivity contribution in [1.29, 1.82) is 0 Å². The van der Waals surface area contributed by atoms with Crippen LogP contribution in [0.25, 0.3) is 0 Å². The number of halogens is 1. The maximum absolute atomic E-state index is 12.4. The summed E-state index contributed by atoms with van der Waals surface area (Å²) in [6.07, 6.45) is 0.450. The fourth-order valence-corrected chi connectivity index (χ4v) is 2.75. The van der Waals surface area contributed by atoms with Crippen molar-refractivity contribution in [2.24, 2.45) is 4.36 Å². The zero-order valence-corrected chi connectivity index (χ0v) is 12.8. The lowest BCUT2D eigenvalue weighted by Gasteiger charge is -2.17. The number of carbonyl (C=O) groups is 1. The molecular formula is C12H17ClN2O3S. The van der Waals surface area contributed by atoms with Crippen molar-refractivity contribution in [3.63, 3.8) is 0 Å². The summed E-state index contributed by atoms with van der Waals surface area (Å²) in [7, 11) is -2.96. The smallest absolute Gasteiger partial charge is 0.442 e. The molecule has 0 saturated carbocycles. The predicted molar refractivity (Wildman–Crippen MR) is 76.9 cm³/mol. The Hall–Kier alpha value is -1.27. The molecule has 1 aromatic rings. The normalized spacial score (nSPS) is 14.6. The van der Waals surface area contributed by atoms with Crippen LogP contribution < -0.4 is 5.73 Å². The van der Waals surface area contributed by atoms with Crippen LogP contribution in [0.5, 0.6) is 0 Å². The number of hydrogen-bond acceptors (Lipinski definition) is 4. The Morgan fingerprint density at radius 2 is 2.00 bits per heavy atom. The van der Waals surface area contributed by atoms with Gasteiger partial charge in [-0.05, 0) is 39.0 Å². The van der Waals surface area contributed by atoms with E-state index in [0.717, 1.165) is 0 Å². The quantitative estimate of drug-likeness (QED) is 0.807. The van der Waals surface area contributed by atoms with Crippen molar-refractivity contribution in [2.75, 3.05) is 12.0 Å². The van der Waals surface area contributed by atoms with Crippen LogP contribution in [0.3, 0.4) is 0 Å². The van der Waals surface area contributed by atoms with Gasteiger partial charge in [-0.15, -0.1) is 4.36 Å². The van der Waals surface area contributed by atoms with Crippen LogP contribution in [0.15, 0.2) is 27.5 Å². The molecule has 0 spiro atoms. The van der Waals surface area contributed by atoms with Crippen LogP contribution in [0.4, 0.5) is 10.5 Å². The molecule has 5 nitrogen and oxygen atoms in total. The van der Waals surface area contributed by atoms with E-state index in [1.54, 1.807) is 26.8 Å². The Balaban J connectivity index is 3.16. The molecule has 2 N–H and O–H groups in total. The molecule has 0 radical (unpaired) electrons. The molecule has 7 heteroatoms. The molecule has 1 amide bonds. The SMILES string of the molecule is CC(C)(C)OC(=O)N=S(C)(=O)c1ccc(Cl)cc1N. The number of nitrogens with two attached hydrogens (primary N) is 1. The van der Waals surface area contributed by atoms with Crippen LogP contribution >= 0.6 is 11.6 Å². The monoisotopic (exact) mass is 304 g/mol. The van der Waals surface area contributed by atoms with Gasteiger partial charge in [0.1, 0.15) is 5.60 Å². The van der Waals surface area contributed by atoms with Gasteiger partial charge in [0.15, 0.2) is 0 Å². The summed E-state index contributed by atoms with van der Waals surface area (Å²) in [6, 6.07) is 4.50. The zero-order chi connectivity index (χ0) is 14.8. The van der Waals surface area contributed by atoms with E-state index >= 15 is 0 Å². The van der Waals surface area contributed by atoms with Gasteiger partial charge in [-0.3, -0.25) is 0 Å². The summed E-state index contributed by atoms with van der Waals surface area (Å²) in [4.78, 5) is 11.9. The minimum atomic E-state index is -2.96. The average Bonchev–Trinajstić information content (AvgIpc) is 2.11. The summed E-state index contributed by atoms with van der Waals surface area (Å²) < 4.78 is 21.0. The highest BCUT2D eigenvalue weighted by atomic mass is 35.5. The third kappa shape index (κ3) is 4.72. The van der Waals surface area contributed by atoms with Gasteiger partial charge in [-0.2, -0.15) is 0 Å². The van der Waals surface area contributed by atoms with E-state index in [1.807, 2.05) is 0 Å². The van der Waals surface area contributed by atoms with E-state index in [4.69, 9.17) is 22.1 Å². The molecule has 1 unspecified atom stereocenters. The predicted octanol–water partition coefficient (Wildman–Crippen LogP) is 3.31. The topological polar surface area (TPSA) is 81.8 Å². The van der Waals surface area contributed by atoms with Gasteiger partial charge in [0.05, 0.1) is 20.3 Å². The first-order valence-corrected chi connectivity index (χ1v) is 7.81. The van der Waals surface area contributed by atoms with Gasteiger partial charge in [-0.1, -0.05) is 11.6 Å². The molecule has 19 heavy (non-hydrogen) atoms. The third-order valence-corrected chi connectivity index (χ3v) is 3.94. The third-order valence-electron chi connectivity index (χ3n) is 2.02. The van der Waals surface area contributed by atoms with E-state index in [1.165, 1.54) is 18.4 Å². The summed E-state index contributed by atoms with van der Waals surface area (Å²) in [6.45, 7) is 5.11. The first-order valence-electron chi connectivity index (χ1n) is 5.51.